The standard InChI is InChI=1S/C14H21BrN2O2/c1-10-8-16-4-5-17(10)9-12-13(18-2)6-11(15)7-14(12)19-3/h6-7,10,16H,4-5,8-9H2,1-3H3. The average molecular weight is 329 g/mol. The fourth-order valence-corrected chi connectivity index (χ4v) is 2.84. The van der Waals surface area contributed by atoms with Gasteiger partial charge in [0.25, 0.3) is 0 Å². The summed E-state index contributed by atoms with van der Waals surface area (Å²) in [5, 5.41) is 3.40. The molecule has 1 aliphatic rings. The number of nitrogens with zero attached hydrogens (tertiary/aromatic N) is 1. The number of benzene rings is 1. The van der Waals surface area contributed by atoms with Gasteiger partial charge >= 0.3 is 0 Å². The van der Waals surface area contributed by atoms with E-state index in [0.717, 1.165) is 47.7 Å². The van der Waals surface area contributed by atoms with Gasteiger partial charge in [0.1, 0.15) is 11.5 Å². The SMILES string of the molecule is COc1cc(Br)cc(OC)c1CN1CCNCC1C. The number of ether oxygens (including phenoxy) is 2. The molecular weight excluding hydrogens is 308 g/mol. The molecule has 0 saturated carbocycles. The van der Waals surface area contributed by atoms with Crippen LogP contribution in [0.1, 0.15) is 12.5 Å². The van der Waals surface area contributed by atoms with E-state index < -0.39 is 0 Å². The molecule has 1 unspecified atom stereocenters. The van der Waals surface area contributed by atoms with Crippen molar-refractivity contribution in [3.63, 3.8) is 0 Å². The molecule has 106 valence electrons. The number of halogens is 1. The Hall–Kier alpha value is -0.780. The number of nitrogens with one attached hydrogen (secondary N) is 1. The number of piperazine rings is 1. The first-order chi connectivity index (χ1) is 9.15. The lowest BCUT2D eigenvalue weighted by Gasteiger charge is -2.34. The second-order valence-corrected chi connectivity index (χ2v) is 5.73. The molecular formula is C14H21BrN2O2. The molecule has 0 bridgehead atoms. The van der Waals surface area contributed by atoms with Gasteiger partial charge in [-0.2, -0.15) is 0 Å². The first kappa shape index (κ1) is 14.6. The van der Waals surface area contributed by atoms with E-state index in [0.29, 0.717) is 6.04 Å². The van der Waals surface area contributed by atoms with E-state index in [1.807, 2.05) is 12.1 Å². The lowest BCUT2D eigenvalue weighted by atomic mass is 10.1. The minimum Gasteiger partial charge on any atom is -0.496 e. The highest BCUT2D eigenvalue weighted by Gasteiger charge is 2.21. The third kappa shape index (κ3) is 3.41. The van der Waals surface area contributed by atoms with E-state index >= 15 is 0 Å². The summed E-state index contributed by atoms with van der Waals surface area (Å²) in [7, 11) is 3.40. The van der Waals surface area contributed by atoms with Crippen molar-refractivity contribution in [1.29, 1.82) is 0 Å². The molecule has 19 heavy (non-hydrogen) atoms. The minimum absolute atomic E-state index is 0.520. The van der Waals surface area contributed by atoms with E-state index in [1.165, 1.54) is 0 Å². The summed E-state index contributed by atoms with van der Waals surface area (Å²) in [5.41, 5.74) is 1.11. The molecule has 0 aromatic heterocycles. The molecule has 1 fully saturated rings. The van der Waals surface area contributed by atoms with Crippen molar-refractivity contribution < 1.29 is 9.47 Å². The molecule has 1 aromatic carbocycles. The molecule has 1 atom stereocenters. The van der Waals surface area contributed by atoms with E-state index in [4.69, 9.17) is 9.47 Å². The fraction of sp³-hybridized carbons (Fsp3) is 0.571. The summed E-state index contributed by atoms with van der Waals surface area (Å²) >= 11 is 3.48. The Morgan fingerprint density at radius 1 is 1.32 bits per heavy atom. The second-order valence-electron chi connectivity index (χ2n) is 4.81. The number of hydrogen-bond donors (Lipinski definition) is 1. The van der Waals surface area contributed by atoms with Gasteiger partial charge in [0.05, 0.1) is 19.8 Å². The highest BCUT2D eigenvalue weighted by molar-refractivity contribution is 9.10. The molecule has 1 aromatic rings. The summed E-state index contributed by atoms with van der Waals surface area (Å²) in [6.07, 6.45) is 0. The first-order valence-corrected chi connectivity index (χ1v) is 7.30. The third-order valence-corrected chi connectivity index (χ3v) is 4.03. The zero-order valence-electron chi connectivity index (χ0n) is 11.7. The molecule has 1 saturated heterocycles. The molecule has 1 heterocycles. The van der Waals surface area contributed by atoms with E-state index in [9.17, 15) is 0 Å². The van der Waals surface area contributed by atoms with Crippen molar-refractivity contribution in [2.45, 2.75) is 19.5 Å². The van der Waals surface area contributed by atoms with Gasteiger partial charge < -0.3 is 14.8 Å². The van der Waals surface area contributed by atoms with Crippen LogP contribution < -0.4 is 14.8 Å². The maximum atomic E-state index is 5.49. The smallest absolute Gasteiger partial charge is 0.128 e. The number of rotatable bonds is 4. The van der Waals surface area contributed by atoms with Crippen LogP contribution >= 0.6 is 15.9 Å². The Labute approximate surface area is 123 Å². The molecule has 1 N–H and O–H groups in total. The van der Waals surface area contributed by atoms with Crippen LogP contribution in [-0.4, -0.2) is 44.8 Å². The summed E-state index contributed by atoms with van der Waals surface area (Å²) in [6, 6.07) is 4.50. The van der Waals surface area contributed by atoms with Crippen molar-refractivity contribution in [3.8, 4) is 11.5 Å². The molecule has 0 spiro atoms. The van der Waals surface area contributed by atoms with Crippen LogP contribution in [0.15, 0.2) is 16.6 Å². The van der Waals surface area contributed by atoms with Crippen LogP contribution in [-0.2, 0) is 6.54 Å². The highest BCUT2D eigenvalue weighted by atomic mass is 79.9. The van der Waals surface area contributed by atoms with Gasteiger partial charge in [0.2, 0.25) is 0 Å². The van der Waals surface area contributed by atoms with Gasteiger partial charge in [-0.3, -0.25) is 4.90 Å². The Morgan fingerprint density at radius 2 is 1.95 bits per heavy atom. The van der Waals surface area contributed by atoms with Gasteiger partial charge in [-0.25, -0.2) is 0 Å². The highest BCUT2D eigenvalue weighted by Crippen LogP contribution is 2.34. The fourth-order valence-electron chi connectivity index (χ4n) is 2.43. The van der Waals surface area contributed by atoms with Gasteiger partial charge in [0, 0.05) is 36.7 Å². The van der Waals surface area contributed by atoms with Crippen molar-refractivity contribution in [1.82, 2.24) is 10.2 Å². The van der Waals surface area contributed by atoms with Crippen molar-refractivity contribution in [2.75, 3.05) is 33.9 Å². The first-order valence-electron chi connectivity index (χ1n) is 6.51. The van der Waals surface area contributed by atoms with E-state index in [2.05, 4.69) is 33.1 Å². The zero-order chi connectivity index (χ0) is 13.8. The van der Waals surface area contributed by atoms with Gasteiger partial charge in [0.15, 0.2) is 0 Å². The molecule has 2 rings (SSSR count). The molecule has 0 radical (unpaired) electrons. The van der Waals surface area contributed by atoms with E-state index in [1.54, 1.807) is 14.2 Å². The van der Waals surface area contributed by atoms with Crippen LogP contribution in [0.3, 0.4) is 0 Å². The normalized spacial score (nSPS) is 20.3. The molecule has 1 aliphatic heterocycles. The molecule has 0 aliphatic carbocycles. The van der Waals surface area contributed by atoms with Crippen molar-refractivity contribution in [2.24, 2.45) is 0 Å². The molecule has 5 heteroatoms. The van der Waals surface area contributed by atoms with Gasteiger partial charge in [-0.05, 0) is 19.1 Å². The maximum Gasteiger partial charge on any atom is 0.128 e. The molecule has 0 amide bonds. The van der Waals surface area contributed by atoms with Crippen molar-refractivity contribution in [3.05, 3.63) is 22.2 Å². The maximum absolute atomic E-state index is 5.49. The summed E-state index contributed by atoms with van der Waals surface area (Å²) in [6.45, 7) is 6.20. The summed E-state index contributed by atoms with van der Waals surface area (Å²) in [5.74, 6) is 1.74. The number of hydrogen-bond acceptors (Lipinski definition) is 4. The second kappa shape index (κ2) is 6.59. The number of methoxy groups -OCH3 is 2. The predicted molar refractivity (Wildman–Crippen MR) is 80.0 cm³/mol. The predicted octanol–water partition coefficient (Wildman–Crippen LogP) is 2.26. The molecule has 4 nitrogen and oxygen atoms in total. The van der Waals surface area contributed by atoms with Gasteiger partial charge in [-0.1, -0.05) is 15.9 Å². The largest absolute Gasteiger partial charge is 0.496 e. The zero-order valence-corrected chi connectivity index (χ0v) is 13.3. The Bertz CT molecular complexity index is 414. The van der Waals surface area contributed by atoms with Crippen LogP contribution in [0.25, 0.3) is 0 Å². The topological polar surface area (TPSA) is 33.7 Å². The van der Waals surface area contributed by atoms with Gasteiger partial charge in [-0.15, -0.1) is 0 Å². The lowest BCUT2D eigenvalue weighted by Crippen LogP contribution is -2.49. The Morgan fingerprint density at radius 3 is 2.47 bits per heavy atom. The Balaban J connectivity index is 2.27. The lowest BCUT2D eigenvalue weighted by molar-refractivity contribution is 0.162. The van der Waals surface area contributed by atoms with Crippen LogP contribution in [0.5, 0.6) is 11.5 Å². The average Bonchev–Trinajstić information content (AvgIpc) is 2.42. The van der Waals surface area contributed by atoms with E-state index in [-0.39, 0.29) is 0 Å². The van der Waals surface area contributed by atoms with Crippen LogP contribution in [0.2, 0.25) is 0 Å². The summed E-state index contributed by atoms with van der Waals surface area (Å²) in [4.78, 5) is 2.45. The minimum atomic E-state index is 0.520. The summed E-state index contributed by atoms with van der Waals surface area (Å²) < 4.78 is 12.0. The monoisotopic (exact) mass is 328 g/mol. The Kier molecular flexibility index (Phi) is 5.07. The van der Waals surface area contributed by atoms with Crippen molar-refractivity contribution >= 4 is 15.9 Å². The van der Waals surface area contributed by atoms with Crippen LogP contribution in [0.4, 0.5) is 0 Å². The quantitative estimate of drug-likeness (QED) is 0.919. The third-order valence-electron chi connectivity index (χ3n) is 3.57. The van der Waals surface area contributed by atoms with Crippen LogP contribution in [0, 0.1) is 0 Å².